The summed E-state index contributed by atoms with van der Waals surface area (Å²) < 4.78 is 5.53. The predicted octanol–water partition coefficient (Wildman–Crippen LogP) is 4.33. The fourth-order valence-electron chi connectivity index (χ4n) is 3.18. The molecule has 1 unspecified atom stereocenters. The zero-order valence-corrected chi connectivity index (χ0v) is 12.6. The van der Waals surface area contributed by atoms with Crippen LogP contribution in [-0.4, -0.2) is 7.11 Å². The minimum atomic E-state index is 0.306. The second kappa shape index (κ2) is 4.86. The maximum absolute atomic E-state index is 5.53. The summed E-state index contributed by atoms with van der Waals surface area (Å²) in [6.45, 7) is 6.46. The van der Waals surface area contributed by atoms with Crippen molar-refractivity contribution in [3.8, 4) is 5.75 Å². The van der Waals surface area contributed by atoms with E-state index in [0.29, 0.717) is 6.04 Å². The number of aryl methyl sites for hydroxylation is 3. The Balaban J connectivity index is 2.00. The first kappa shape index (κ1) is 13.0. The van der Waals surface area contributed by atoms with E-state index in [9.17, 15) is 0 Å². The average molecular weight is 267 g/mol. The number of anilines is 1. The van der Waals surface area contributed by atoms with Crippen molar-refractivity contribution in [1.29, 1.82) is 0 Å². The van der Waals surface area contributed by atoms with Crippen LogP contribution >= 0.6 is 0 Å². The van der Waals surface area contributed by atoms with E-state index in [-0.39, 0.29) is 0 Å². The van der Waals surface area contributed by atoms with Crippen molar-refractivity contribution in [2.75, 3.05) is 12.4 Å². The number of benzene rings is 2. The minimum absolute atomic E-state index is 0.306. The molecular weight excluding hydrogens is 246 g/mol. The summed E-state index contributed by atoms with van der Waals surface area (Å²) in [5.41, 5.74) is 7.89. The van der Waals surface area contributed by atoms with Crippen LogP contribution in [-0.2, 0) is 6.42 Å². The van der Waals surface area contributed by atoms with E-state index in [0.717, 1.165) is 12.2 Å². The van der Waals surface area contributed by atoms with Crippen molar-refractivity contribution in [3.63, 3.8) is 0 Å². The summed E-state index contributed by atoms with van der Waals surface area (Å²) in [7, 11) is 1.74. The van der Waals surface area contributed by atoms with Gasteiger partial charge >= 0.3 is 0 Å². The van der Waals surface area contributed by atoms with Crippen LogP contribution < -0.4 is 10.1 Å². The van der Waals surface area contributed by atoms with E-state index in [1.807, 2.05) is 0 Å². The molecule has 0 saturated carbocycles. The van der Waals surface area contributed by atoms with Crippen molar-refractivity contribution in [1.82, 2.24) is 0 Å². The first-order valence-corrected chi connectivity index (χ1v) is 7.09. The van der Waals surface area contributed by atoms with Crippen molar-refractivity contribution >= 4 is 5.69 Å². The van der Waals surface area contributed by atoms with Gasteiger partial charge in [0.25, 0.3) is 0 Å². The average Bonchev–Trinajstić information content (AvgIpc) is 2.82. The Kier molecular flexibility index (Phi) is 3.17. The van der Waals surface area contributed by atoms with E-state index in [1.165, 1.54) is 33.5 Å². The summed E-state index contributed by atoms with van der Waals surface area (Å²) in [5.74, 6) is 0.968. The Morgan fingerprint density at radius 3 is 2.60 bits per heavy atom. The molecule has 104 valence electrons. The van der Waals surface area contributed by atoms with Crippen molar-refractivity contribution in [2.45, 2.75) is 33.2 Å². The lowest BCUT2D eigenvalue weighted by Gasteiger charge is -2.17. The first-order chi connectivity index (χ1) is 9.58. The SMILES string of the molecule is COc1ccc(C)cc1C1Cc2cc(C)cc(C)c2N1. The molecule has 3 rings (SSSR count). The second-order valence-corrected chi connectivity index (χ2v) is 5.76. The van der Waals surface area contributed by atoms with Crippen molar-refractivity contribution in [3.05, 3.63) is 58.1 Å². The Morgan fingerprint density at radius 1 is 1.05 bits per heavy atom. The molecule has 0 aliphatic carbocycles. The molecule has 20 heavy (non-hydrogen) atoms. The topological polar surface area (TPSA) is 21.3 Å². The van der Waals surface area contributed by atoms with E-state index in [1.54, 1.807) is 7.11 Å². The summed E-state index contributed by atoms with van der Waals surface area (Å²) in [4.78, 5) is 0. The van der Waals surface area contributed by atoms with Gasteiger partial charge in [0.1, 0.15) is 5.75 Å². The molecule has 2 aromatic rings. The molecule has 1 atom stereocenters. The molecule has 2 heteroatoms. The van der Waals surface area contributed by atoms with Gasteiger partial charge in [0.2, 0.25) is 0 Å². The molecule has 0 amide bonds. The Hall–Kier alpha value is -1.96. The highest BCUT2D eigenvalue weighted by Gasteiger charge is 2.25. The lowest BCUT2D eigenvalue weighted by molar-refractivity contribution is 0.407. The van der Waals surface area contributed by atoms with Crippen LogP contribution in [0.25, 0.3) is 0 Å². The number of nitrogens with one attached hydrogen (secondary N) is 1. The molecule has 2 aromatic carbocycles. The van der Waals surface area contributed by atoms with Crippen LogP contribution in [0.5, 0.6) is 5.75 Å². The maximum Gasteiger partial charge on any atom is 0.124 e. The normalized spacial score (nSPS) is 16.7. The highest BCUT2D eigenvalue weighted by Crippen LogP contribution is 2.40. The molecule has 1 heterocycles. The van der Waals surface area contributed by atoms with Gasteiger partial charge in [-0.1, -0.05) is 35.4 Å². The Labute approximate surface area is 120 Å². The molecule has 0 saturated heterocycles. The number of ether oxygens (including phenoxy) is 1. The number of hydrogen-bond donors (Lipinski definition) is 1. The standard InChI is InChI=1S/C18H21NO/c1-11-5-6-17(20-4)15(9-11)16-10-14-8-12(2)7-13(3)18(14)19-16/h5-9,16,19H,10H2,1-4H3. The number of hydrogen-bond acceptors (Lipinski definition) is 2. The lowest BCUT2D eigenvalue weighted by Crippen LogP contribution is -2.08. The van der Waals surface area contributed by atoms with Gasteiger partial charge in [-0.3, -0.25) is 0 Å². The minimum Gasteiger partial charge on any atom is -0.496 e. The summed E-state index contributed by atoms with van der Waals surface area (Å²) >= 11 is 0. The zero-order chi connectivity index (χ0) is 14.3. The van der Waals surface area contributed by atoms with Gasteiger partial charge in [0, 0.05) is 11.3 Å². The van der Waals surface area contributed by atoms with Crippen LogP contribution in [0.15, 0.2) is 30.3 Å². The van der Waals surface area contributed by atoms with E-state index in [4.69, 9.17) is 4.74 Å². The van der Waals surface area contributed by atoms with E-state index < -0.39 is 0 Å². The van der Waals surface area contributed by atoms with Gasteiger partial charge < -0.3 is 10.1 Å². The first-order valence-electron chi connectivity index (χ1n) is 7.09. The van der Waals surface area contributed by atoms with Gasteiger partial charge in [-0.2, -0.15) is 0 Å². The Morgan fingerprint density at radius 2 is 1.85 bits per heavy atom. The molecule has 0 radical (unpaired) electrons. The van der Waals surface area contributed by atoms with Gasteiger partial charge in [0.15, 0.2) is 0 Å². The smallest absolute Gasteiger partial charge is 0.124 e. The molecule has 0 bridgehead atoms. The molecule has 0 fully saturated rings. The predicted molar refractivity (Wildman–Crippen MR) is 83.7 cm³/mol. The number of methoxy groups -OCH3 is 1. The van der Waals surface area contributed by atoms with Gasteiger partial charge in [-0.25, -0.2) is 0 Å². The molecule has 0 aromatic heterocycles. The summed E-state index contributed by atoms with van der Waals surface area (Å²) in [6.07, 6.45) is 1.03. The second-order valence-electron chi connectivity index (χ2n) is 5.76. The summed E-state index contributed by atoms with van der Waals surface area (Å²) in [6, 6.07) is 11.2. The molecule has 1 aliphatic heterocycles. The van der Waals surface area contributed by atoms with Crippen LogP contribution in [0.2, 0.25) is 0 Å². The van der Waals surface area contributed by atoms with Crippen molar-refractivity contribution in [2.24, 2.45) is 0 Å². The third kappa shape index (κ3) is 2.15. The van der Waals surface area contributed by atoms with Crippen molar-refractivity contribution < 1.29 is 4.74 Å². The van der Waals surface area contributed by atoms with E-state index in [2.05, 4.69) is 56.4 Å². The zero-order valence-electron chi connectivity index (χ0n) is 12.6. The van der Waals surface area contributed by atoms with Crippen LogP contribution in [0.1, 0.15) is 33.9 Å². The molecule has 1 aliphatic rings. The van der Waals surface area contributed by atoms with Crippen LogP contribution in [0.3, 0.4) is 0 Å². The van der Waals surface area contributed by atoms with Gasteiger partial charge in [0.05, 0.1) is 13.2 Å². The lowest BCUT2D eigenvalue weighted by atomic mass is 9.99. The molecule has 0 spiro atoms. The number of rotatable bonds is 2. The van der Waals surface area contributed by atoms with Gasteiger partial charge in [-0.15, -0.1) is 0 Å². The Bertz CT molecular complexity index is 661. The summed E-state index contributed by atoms with van der Waals surface area (Å²) in [5, 5.41) is 3.67. The van der Waals surface area contributed by atoms with Gasteiger partial charge in [-0.05, 0) is 44.4 Å². The molecular formula is C18H21NO. The third-order valence-corrected chi connectivity index (χ3v) is 4.06. The fraction of sp³-hybridized carbons (Fsp3) is 0.333. The third-order valence-electron chi connectivity index (χ3n) is 4.06. The monoisotopic (exact) mass is 267 g/mol. The highest BCUT2D eigenvalue weighted by molar-refractivity contribution is 5.65. The number of fused-ring (bicyclic) bond motifs is 1. The van der Waals surface area contributed by atoms with E-state index >= 15 is 0 Å². The molecule has 2 nitrogen and oxygen atoms in total. The fourth-order valence-corrected chi connectivity index (χ4v) is 3.18. The molecule has 1 N–H and O–H groups in total. The van der Waals surface area contributed by atoms with Crippen LogP contribution in [0, 0.1) is 20.8 Å². The quantitative estimate of drug-likeness (QED) is 0.874. The maximum atomic E-state index is 5.53. The highest BCUT2D eigenvalue weighted by atomic mass is 16.5. The largest absolute Gasteiger partial charge is 0.496 e. The van der Waals surface area contributed by atoms with Crippen LogP contribution in [0.4, 0.5) is 5.69 Å².